The smallest absolute Gasteiger partial charge is 0.287 e. The van der Waals surface area contributed by atoms with Gasteiger partial charge in [-0.05, 0) is 38.0 Å². The summed E-state index contributed by atoms with van der Waals surface area (Å²) in [6.45, 7) is 2.88. The van der Waals surface area contributed by atoms with Crippen LogP contribution < -0.4 is 10.6 Å². The van der Waals surface area contributed by atoms with Crippen LogP contribution in [0.1, 0.15) is 39.3 Å². The number of nitrogens with zero attached hydrogens (tertiary/aromatic N) is 1. The molecule has 0 radical (unpaired) electrons. The van der Waals surface area contributed by atoms with Crippen LogP contribution in [-0.2, 0) is 4.79 Å². The summed E-state index contributed by atoms with van der Waals surface area (Å²) in [7, 11) is 0. The molecule has 7 heteroatoms. The zero-order valence-electron chi connectivity index (χ0n) is 15.2. The van der Waals surface area contributed by atoms with Crippen LogP contribution >= 0.6 is 0 Å². The van der Waals surface area contributed by atoms with Crippen LogP contribution in [0.3, 0.4) is 0 Å². The second-order valence-corrected chi connectivity index (χ2v) is 6.61. The fraction of sp³-hybridized carbons (Fsp3) is 0.350. The molecule has 7 nitrogen and oxygen atoms in total. The highest BCUT2D eigenvalue weighted by Crippen LogP contribution is 2.13. The lowest BCUT2D eigenvalue weighted by Gasteiger charge is -2.32. The van der Waals surface area contributed by atoms with Crippen molar-refractivity contribution >= 4 is 17.7 Å². The lowest BCUT2D eigenvalue weighted by Crippen LogP contribution is -2.49. The number of furan rings is 1. The number of hydrogen-bond acceptors (Lipinski definition) is 4. The van der Waals surface area contributed by atoms with Crippen molar-refractivity contribution in [3.8, 4) is 0 Å². The number of piperidine rings is 1. The maximum atomic E-state index is 12.3. The Morgan fingerprint density at radius 1 is 1.07 bits per heavy atom. The Hall–Kier alpha value is -3.09. The molecule has 2 aromatic rings. The highest BCUT2D eigenvalue weighted by Gasteiger charge is 2.25. The third-order valence-corrected chi connectivity index (χ3v) is 4.69. The standard InChI is InChI=1S/C20H23N3O4/c1-14-9-12-27-18(14)20(26)22-16-7-10-23(11-8-16)17(24)13-21-19(25)15-5-3-2-4-6-15/h2-6,9,12,16H,7-8,10-11,13H2,1H3,(H,21,25)(H,22,26). The van der Waals surface area contributed by atoms with Crippen molar-refractivity contribution < 1.29 is 18.8 Å². The number of aryl methyl sites for hydroxylation is 1. The van der Waals surface area contributed by atoms with Crippen molar-refractivity contribution in [3.63, 3.8) is 0 Å². The van der Waals surface area contributed by atoms with E-state index in [2.05, 4.69) is 10.6 Å². The number of carbonyl (C=O) groups excluding carboxylic acids is 3. The molecule has 0 atom stereocenters. The number of nitrogens with one attached hydrogen (secondary N) is 2. The van der Waals surface area contributed by atoms with E-state index in [1.807, 2.05) is 13.0 Å². The summed E-state index contributed by atoms with van der Waals surface area (Å²) in [6, 6.07) is 10.5. The SMILES string of the molecule is Cc1ccoc1C(=O)NC1CCN(C(=O)CNC(=O)c2ccccc2)CC1. The normalized spacial score (nSPS) is 14.6. The summed E-state index contributed by atoms with van der Waals surface area (Å²) in [6.07, 6.45) is 2.84. The molecule has 2 heterocycles. The first kappa shape index (κ1) is 18.7. The van der Waals surface area contributed by atoms with E-state index in [1.54, 1.807) is 35.2 Å². The van der Waals surface area contributed by atoms with Crippen molar-refractivity contribution in [2.75, 3.05) is 19.6 Å². The minimum atomic E-state index is -0.264. The van der Waals surface area contributed by atoms with Gasteiger partial charge in [0.2, 0.25) is 5.91 Å². The quantitative estimate of drug-likeness (QED) is 0.840. The van der Waals surface area contributed by atoms with Gasteiger partial charge < -0.3 is 20.0 Å². The fourth-order valence-electron chi connectivity index (χ4n) is 3.09. The van der Waals surface area contributed by atoms with Gasteiger partial charge in [0.25, 0.3) is 11.8 Å². The van der Waals surface area contributed by atoms with Crippen molar-refractivity contribution in [2.45, 2.75) is 25.8 Å². The maximum Gasteiger partial charge on any atom is 0.287 e. The van der Waals surface area contributed by atoms with Gasteiger partial charge in [0.1, 0.15) is 0 Å². The Balaban J connectivity index is 1.42. The van der Waals surface area contributed by atoms with E-state index >= 15 is 0 Å². The second kappa shape index (κ2) is 8.53. The number of carbonyl (C=O) groups is 3. The van der Waals surface area contributed by atoms with Gasteiger partial charge in [0.15, 0.2) is 5.76 Å². The Bertz CT molecular complexity index is 808. The van der Waals surface area contributed by atoms with Crippen molar-refractivity contribution in [3.05, 3.63) is 59.5 Å². The molecule has 3 amide bonds. The Kier molecular flexibility index (Phi) is 5.90. The largest absolute Gasteiger partial charge is 0.459 e. The number of benzene rings is 1. The first-order valence-corrected chi connectivity index (χ1v) is 9.00. The molecule has 1 aromatic carbocycles. The predicted molar refractivity (Wildman–Crippen MR) is 99.3 cm³/mol. The van der Waals surface area contributed by atoms with Crippen LogP contribution in [0.5, 0.6) is 0 Å². The molecule has 0 spiro atoms. The summed E-state index contributed by atoms with van der Waals surface area (Å²) in [5.41, 5.74) is 1.33. The first-order valence-electron chi connectivity index (χ1n) is 9.00. The summed E-state index contributed by atoms with van der Waals surface area (Å²) in [4.78, 5) is 38.2. The predicted octanol–water partition coefficient (Wildman–Crippen LogP) is 1.74. The average molecular weight is 369 g/mol. The van der Waals surface area contributed by atoms with E-state index in [0.29, 0.717) is 37.3 Å². The van der Waals surface area contributed by atoms with Gasteiger partial charge in [0, 0.05) is 30.3 Å². The minimum Gasteiger partial charge on any atom is -0.459 e. The van der Waals surface area contributed by atoms with E-state index in [-0.39, 0.29) is 30.3 Å². The monoisotopic (exact) mass is 369 g/mol. The first-order chi connectivity index (χ1) is 13.0. The number of hydrogen-bond donors (Lipinski definition) is 2. The van der Waals surface area contributed by atoms with Crippen molar-refractivity contribution in [1.82, 2.24) is 15.5 Å². The molecule has 27 heavy (non-hydrogen) atoms. The van der Waals surface area contributed by atoms with E-state index in [1.165, 1.54) is 6.26 Å². The number of amides is 3. The van der Waals surface area contributed by atoms with Gasteiger partial charge in [-0.25, -0.2) is 0 Å². The third kappa shape index (κ3) is 4.75. The van der Waals surface area contributed by atoms with Crippen LogP contribution in [0.2, 0.25) is 0 Å². The summed E-state index contributed by atoms with van der Waals surface area (Å²) >= 11 is 0. The maximum absolute atomic E-state index is 12.3. The topological polar surface area (TPSA) is 91.7 Å². The summed E-state index contributed by atoms with van der Waals surface area (Å²) < 4.78 is 5.20. The lowest BCUT2D eigenvalue weighted by molar-refractivity contribution is -0.131. The van der Waals surface area contributed by atoms with Crippen LogP contribution in [-0.4, -0.2) is 48.3 Å². The minimum absolute atomic E-state index is 0.00459. The van der Waals surface area contributed by atoms with E-state index in [4.69, 9.17) is 4.42 Å². The number of rotatable bonds is 5. The lowest BCUT2D eigenvalue weighted by atomic mass is 10.0. The molecule has 3 rings (SSSR count). The molecular formula is C20H23N3O4. The second-order valence-electron chi connectivity index (χ2n) is 6.61. The van der Waals surface area contributed by atoms with Crippen LogP contribution in [0, 0.1) is 6.92 Å². The molecule has 1 aliphatic rings. The average Bonchev–Trinajstić information content (AvgIpc) is 3.13. The molecule has 0 aliphatic carbocycles. The summed E-state index contributed by atoms with van der Waals surface area (Å²) in [5, 5.41) is 5.60. The highest BCUT2D eigenvalue weighted by atomic mass is 16.3. The Morgan fingerprint density at radius 2 is 1.78 bits per heavy atom. The zero-order chi connectivity index (χ0) is 19.2. The van der Waals surface area contributed by atoms with Gasteiger partial charge in [-0.2, -0.15) is 0 Å². The molecular weight excluding hydrogens is 346 g/mol. The molecule has 1 fully saturated rings. The number of likely N-dealkylation sites (tertiary alicyclic amines) is 1. The molecule has 1 aliphatic heterocycles. The van der Waals surface area contributed by atoms with Crippen LogP contribution in [0.4, 0.5) is 0 Å². The van der Waals surface area contributed by atoms with Crippen LogP contribution in [0.25, 0.3) is 0 Å². The molecule has 1 aromatic heterocycles. The fourth-order valence-corrected chi connectivity index (χ4v) is 3.09. The molecule has 0 bridgehead atoms. The Labute approximate surface area is 157 Å². The third-order valence-electron chi connectivity index (χ3n) is 4.69. The van der Waals surface area contributed by atoms with E-state index in [0.717, 1.165) is 5.56 Å². The van der Waals surface area contributed by atoms with Crippen molar-refractivity contribution in [2.24, 2.45) is 0 Å². The molecule has 0 unspecified atom stereocenters. The molecule has 142 valence electrons. The summed E-state index contributed by atoms with van der Waals surface area (Å²) in [5.74, 6) is -0.277. The van der Waals surface area contributed by atoms with Crippen molar-refractivity contribution in [1.29, 1.82) is 0 Å². The van der Waals surface area contributed by atoms with E-state index < -0.39 is 0 Å². The van der Waals surface area contributed by atoms with Gasteiger partial charge in [-0.15, -0.1) is 0 Å². The van der Waals surface area contributed by atoms with Gasteiger partial charge in [-0.1, -0.05) is 18.2 Å². The zero-order valence-corrected chi connectivity index (χ0v) is 15.2. The molecule has 2 N–H and O–H groups in total. The highest BCUT2D eigenvalue weighted by molar-refractivity contribution is 5.96. The van der Waals surface area contributed by atoms with Crippen LogP contribution in [0.15, 0.2) is 47.1 Å². The molecule has 1 saturated heterocycles. The van der Waals surface area contributed by atoms with Gasteiger partial charge in [-0.3, -0.25) is 14.4 Å². The van der Waals surface area contributed by atoms with E-state index in [9.17, 15) is 14.4 Å². The van der Waals surface area contributed by atoms with Gasteiger partial charge in [0.05, 0.1) is 12.8 Å². The van der Waals surface area contributed by atoms with Gasteiger partial charge >= 0.3 is 0 Å². The Morgan fingerprint density at radius 3 is 2.41 bits per heavy atom. The molecule has 0 saturated carbocycles.